The molecule has 0 bridgehead atoms. The lowest BCUT2D eigenvalue weighted by Gasteiger charge is -2.03. The predicted molar refractivity (Wildman–Crippen MR) is 78.5 cm³/mol. The van der Waals surface area contributed by atoms with E-state index in [1.165, 1.54) is 0 Å². The molecule has 3 aromatic rings. The number of aromatic nitrogens is 5. The van der Waals surface area contributed by atoms with Gasteiger partial charge in [-0.05, 0) is 18.6 Å². The SMILES string of the molecule is CNC(=O)Cn1nc(C)c2c(-c3cnn(C)c3)ccnc21. The fraction of sp³-hybridized carbons (Fsp3) is 0.286. The van der Waals surface area contributed by atoms with Gasteiger partial charge in [0.15, 0.2) is 5.65 Å². The van der Waals surface area contributed by atoms with Gasteiger partial charge in [0, 0.05) is 37.4 Å². The Hall–Kier alpha value is -2.70. The van der Waals surface area contributed by atoms with Crippen molar-refractivity contribution in [2.75, 3.05) is 7.05 Å². The third-order valence-electron chi connectivity index (χ3n) is 3.40. The lowest BCUT2D eigenvalue weighted by molar-refractivity contribution is -0.121. The molecular formula is C14H16N6O. The van der Waals surface area contributed by atoms with Gasteiger partial charge >= 0.3 is 0 Å². The fourth-order valence-corrected chi connectivity index (χ4v) is 2.41. The van der Waals surface area contributed by atoms with Crippen LogP contribution in [0, 0.1) is 6.92 Å². The number of likely N-dealkylation sites (N-methyl/N-ethyl adjacent to an activating group) is 1. The van der Waals surface area contributed by atoms with E-state index in [0.29, 0.717) is 5.65 Å². The highest BCUT2D eigenvalue weighted by molar-refractivity contribution is 5.94. The molecule has 7 nitrogen and oxygen atoms in total. The van der Waals surface area contributed by atoms with E-state index in [1.54, 1.807) is 22.6 Å². The molecule has 0 saturated carbocycles. The molecular weight excluding hydrogens is 268 g/mol. The number of aryl methyl sites for hydroxylation is 2. The number of nitrogens with zero attached hydrogens (tertiary/aromatic N) is 5. The van der Waals surface area contributed by atoms with Gasteiger partial charge in [-0.1, -0.05) is 0 Å². The standard InChI is InChI=1S/C14H16N6O/c1-9-13-11(10-6-17-19(3)7-10)4-5-16-14(13)20(18-9)8-12(21)15-2/h4-7H,8H2,1-3H3,(H,15,21). The van der Waals surface area contributed by atoms with Crippen molar-refractivity contribution < 1.29 is 4.79 Å². The largest absolute Gasteiger partial charge is 0.358 e. The molecule has 0 fully saturated rings. The summed E-state index contributed by atoms with van der Waals surface area (Å²) in [4.78, 5) is 16.0. The van der Waals surface area contributed by atoms with E-state index in [9.17, 15) is 4.79 Å². The molecule has 0 unspecified atom stereocenters. The Morgan fingerprint density at radius 1 is 1.43 bits per heavy atom. The average Bonchev–Trinajstić information content (AvgIpc) is 3.04. The Balaban J connectivity index is 2.18. The first kappa shape index (κ1) is 13.3. The zero-order valence-electron chi connectivity index (χ0n) is 12.2. The maximum Gasteiger partial charge on any atom is 0.241 e. The number of carbonyl (C=O) groups excluding carboxylic acids is 1. The van der Waals surface area contributed by atoms with Gasteiger partial charge in [0.05, 0.1) is 11.9 Å². The summed E-state index contributed by atoms with van der Waals surface area (Å²) in [5.41, 5.74) is 3.58. The van der Waals surface area contributed by atoms with E-state index in [1.807, 2.05) is 32.4 Å². The molecule has 3 aromatic heterocycles. The van der Waals surface area contributed by atoms with Gasteiger partial charge in [0.2, 0.25) is 5.91 Å². The van der Waals surface area contributed by atoms with E-state index >= 15 is 0 Å². The van der Waals surface area contributed by atoms with Crippen LogP contribution >= 0.6 is 0 Å². The van der Waals surface area contributed by atoms with Crippen LogP contribution in [-0.4, -0.2) is 37.5 Å². The Morgan fingerprint density at radius 3 is 2.90 bits per heavy atom. The monoisotopic (exact) mass is 284 g/mol. The van der Waals surface area contributed by atoms with Gasteiger partial charge in [-0.3, -0.25) is 9.48 Å². The van der Waals surface area contributed by atoms with Gasteiger partial charge in [0.25, 0.3) is 0 Å². The van der Waals surface area contributed by atoms with Crippen LogP contribution in [-0.2, 0) is 18.4 Å². The minimum absolute atomic E-state index is 0.104. The molecule has 108 valence electrons. The quantitative estimate of drug-likeness (QED) is 0.774. The molecule has 1 amide bonds. The highest BCUT2D eigenvalue weighted by atomic mass is 16.1. The number of hydrogen-bond donors (Lipinski definition) is 1. The Morgan fingerprint density at radius 2 is 2.24 bits per heavy atom. The minimum Gasteiger partial charge on any atom is -0.358 e. The first-order valence-corrected chi connectivity index (χ1v) is 6.62. The molecule has 0 aliphatic carbocycles. The molecule has 0 aromatic carbocycles. The molecule has 0 aliphatic heterocycles. The predicted octanol–water partition coefficient (Wildman–Crippen LogP) is 0.886. The van der Waals surface area contributed by atoms with E-state index < -0.39 is 0 Å². The lowest BCUT2D eigenvalue weighted by atomic mass is 10.1. The van der Waals surface area contributed by atoms with Crippen molar-refractivity contribution >= 4 is 16.9 Å². The van der Waals surface area contributed by atoms with Gasteiger partial charge in [-0.15, -0.1) is 0 Å². The summed E-state index contributed by atoms with van der Waals surface area (Å²) in [5, 5.41) is 12.2. The zero-order chi connectivity index (χ0) is 15.0. The van der Waals surface area contributed by atoms with Gasteiger partial charge in [0.1, 0.15) is 6.54 Å². The topological polar surface area (TPSA) is 77.6 Å². The molecule has 0 aliphatic rings. The molecule has 3 heterocycles. The van der Waals surface area contributed by atoms with Crippen molar-refractivity contribution in [2.24, 2.45) is 7.05 Å². The van der Waals surface area contributed by atoms with Crippen molar-refractivity contribution in [3.63, 3.8) is 0 Å². The van der Waals surface area contributed by atoms with Crippen LogP contribution in [0.3, 0.4) is 0 Å². The van der Waals surface area contributed by atoms with Crippen molar-refractivity contribution in [3.05, 3.63) is 30.4 Å². The summed E-state index contributed by atoms with van der Waals surface area (Å²) in [6, 6.07) is 1.94. The first-order chi connectivity index (χ1) is 10.1. The lowest BCUT2D eigenvalue weighted by Crippen LogP contribution is -2.24. The van der Waals surface area contributed by atoms with Crippen molar-refractivity contribution in [3.8, 4) is 11.1 Å². The summed E-state index contributed by atoms with van der Waals surface area (Å²) in [6.45, 7) is 2.08. The zero-order valence-corrected chi connectivity index (χ0v) is 12.2. The van der Waals surface area contributed by atoms with Gasteiger partial charge in [-0.2, -0.15) is 10.2 Å². The Labute approximate surface area is 121 Å². The molecule has 0 spiro atoms. The second-order valence-electron chi connectivity index (χ2n) is 4.88. The van der Waals surface area contributed by atoms with Crippen LogP contribution in [0.4, 0.5) is 0 Å². The first-order valence-electron chi connectivity index (χ1n) is 6.62. The summed E-state index contributed by atoms with van der Waals surface area (Å²) in [6.07, 6.45) is 5.49. The normalized spacial score (nSPS) is 11.0. The van der Waals surface area contributed by atoms with Crippen LogP contribution in [0.25, 0.3) is 22.2 Å². The third-order valence-corrected chi connectivity index (χ3v) is 3.40. The number of hydrogen-bond acceptors (Lipinski definition) is 4. The van der Waals surface area contributed by atoms with Crippen molar-refractivity contribution in [1.29, 1.82) is 0 Å². The molecule has 0 radical (unpaired) electrons. The highest BCUT2D eigenvalue weighted by Crippen LogP contribution is 2.29. The number of pyridine rings is 1. The summed E-state index contributed by atoms with van der Waals surface area (Å²) >= 11 is 0. The second-order valence-corrected chi connectivity index (χ2v) is 4.88. The highest BCUT2D eigenvalue weighted by Gasteiger charge is 2.15. The van der Waals surface area contributed by atoms with Crippen LogP contribution < -0.4 is 5.32 Å². The van der Waals surface area contributed by atoms with Crippen LogP contribution in [0.1, 0.15) is 5.69 Å². The number of fused-ring (bicyclic) bond motifs is 1. The van der Waals surface area contributed by atoms with Gasteiger partial charge in [-0.25, -0.2) is 9.67 Å². The molecule has 7 heteroatoms. The molecule has 21 heavy (non-hydrogen) atoms. The second kappa shape index (κ2) is 5.01. The van der Waals surface area contributed by atoms with Gasteiger partial charge < -0.3 is 5.32 Å². The number of nitrogens with one attached hydrogen (secondary N) is 1. The molecule has 1 N–H and O–H groups in total. The summed E-state index contributed by atoms with van der Waals surface area (Å²) < 4.78 is 3.38. The molecule has 0 atom stereocenters. The van der Waals surface area contributed by atoms with E-state index in [0.717, 1.165) is 22.2 Å². The van der Waals surface area contributed by atoms with E-state index in [2.05, 4.69) is 20.5 Å². The number of rotatable bonds is 3. The fourth-order valence-electron chi connectivity index (χ4n) is 2.41. The third kappa shape index (κ3) is 2.26. The smallest absolute Gasteiger partial charge is 0.241 e. The Kier molecular flexibility index (Phi) is 3.17. The summed E-state index contributed by atoms with van der Waals surface area (Å²) in [5.74, 6) is -0.104. The number of carbonyl (C=O) groups is 1. The van der Waals surface area contributed by atoms with E-state index in [4.69, 9.17) is 0 Å². The van der Waals surface area contributed by atoms with Crippen LogP contribution in [0.5, 0.6) is 0 Å². The number of amides is 1. The minimum atomic E-state index is -0.104. The van der Waals surface area contributed by atoms with Crippen molar-refractivity contribution in [1.82, 2.24) is 29.9 Å². The maximum absolute atomic E-state index is 11.6. The van der Waals surface area contributed by atoms with Crippen LogP contribution in [0.2, 0.25) is 0 Å². The molecule has 0 saturated heterocycles. The van der Waals surface area contributed by atoms with Crippen LogP contribution in [0.15, 0.2) is 24.7 Å². The van der Waals surface area contributed by atoms with Crippen molar-refractivity contribution in [2.45, 2.75) is 13.5 Å². The summed E-state index contributed by atoms with van der Waals surface area (Å²) in [7, 11) is 3.49. The average molecular weight is 284 g/mol. The van der Waals surface area contributed by atoms with E-state index in [-0.39, 0.29) is 12.5 Å². The molecule has 3 rings (SSSR count). The maximum atomic E-state index is 11.6. The Bertz CT molecular complexity index is 816.